The molecule has 1 aromatic heterocycles. The molecular formula is C10H11N3O2. The lowest BCUT2D eigenvalue weighted by Gasteiger charge is -1.92. The predicted octanol–water partition coefficient (Wildman–Crippen LogP) is 1.38. The SMILES string of the molecule is C=C/C(=C\C=NC)c1cc(C(=O)O)[nH]n1. The Morgan fingerprint density at radius 1 is 1.73 bits per heavy atom. The summed E-state index contributed by atoms with van der Waals surface area (Å²) in [5.74, 6) is -1.04. The highest BCUT2D eigenvalue weighted by Gasteiger charge is 2.08. The summed E-state index contributed by atoms with van der Waals surface area (Å²) in [5, 5.41) is 15.0. The number of hydrogen-bond acceptors (Lipinski definition) is 3. The number of aliphatic imine (C=N–C) groups is 1. The van der Waals surface area contributed by atoms with Gasteiger partial charge in [-0.1, -0.05) is 12.7 Å². The summed E-state index contributed by atoms with van der Waals surface area (Å²) >= 11 is 0. The molecule has 0 saturated carbocycles. The molecule has 0 aliphatic heterocycles. The number of allylic oxidation sites excluding steroid dienone is 3. The van der Waals surface area contributed by atoms with Crippen molar-refractivity contribution in [1.29, 1.82) is 0 Å². The molecule has 0 bridgehead atoms. The molecule has 1 heterocycles. The molecule has 15 heavy (non-hydrogen) atoms. The second-order valence-electron chi connectivity index (χ2n) is 2.71. The number of nitrogens with zero attached hydrogens (tertiary/aromatic N) is 2. The van der Waals surface area contributed by atoms with E-state index < -0.39 is 5.97 Å². The first-order valence-corrected chi connectivity index (χ1v) is 4.23. The maximum atomic E-state index is 10.6. The van der Waals surface area contributed by atoms with Crippen LogP contribution in [0.3, 0.4) is 0 Å². The number of nitrogens with one attached hydrogen (secondary N) is 1. The summed E-state index contributed by atoms with van der Waals surface area (Å²) in [7, 11) is 1.64. The first kappa shape index (κ1) is 10.9. The molecule has 0 spiro atoms. The van der Waals surface area contributed by atoms with Gasteiger partial charge in [0.15, 0.2) is 0 Å². The Bertz CT molecular complexity index is 430. The lowest BCUT2D eigenvalue weighted by Crippen LogP contribution is -1.95. The van der Waals surface area contributed by atoms with E-state index in [0.717, 1.165) is 0 Å². The second kappa shape index (κ2) is 4.90. The minimum atomic E-state index is -1.04. The molecule has 0 aliphatic rings. The van der Waals surface area contributed by atoms with E-state index in [0.29, 0.717) is 11.3 Å². The summed E-state index contributed by atoms with van der Waals surface area (Å²) in [6, 6.07) is 1.44. The van der Waals surface area contributed by atoms with Crippen LogP contribution < -0.4 is 0 Å². The lowest BCUT2D eigenvalue weighted by atomic mass is 10.1. The van der Waals surface area contributed by atoms with E-state index in [-0.39, 0.29) is 5.69 Å². The number of H-pyrrole nitrogens is 1. The third-order valence-electron chi connectivity index (χ3n) is 1.73. The number of hydrogen-bond donors (Lipinski definition) is 2. The van der Waals surface area contributed by atoms with Crippen molar-refractivity contribution >= 4 is 17.8 Å². The monoisotopic (exact) mass is 205 g/mol. The number of aromatic amines is 1. The highest BCUT2D eigenvalue weighted by atomic mass is 16.4. The van der Waals surface area contributed by atoms with Gasteiger partial charge in [-0.05, 0) is 12.1 Å². The highest BCUT2D eigenvalue weighted by Crippen LogP contribution is 2.12. The maximum Gasteiger partial charge on any atom is 0.353 e. The van der Waals surface area contributed by atoms with E-state index in [2.05, 4.69) is 21.8 Å². The van der Waals surface area contributed by atoms with Gasteiger partial charge in [0.25, 0.3) is 0 Å². The van der Waals surface area contributed by atoms with Crippen molar-refractivity contribution in [2.24, 2.45) is 4.99 Å². The molecule has 1 rings (SSSR count). The zero-order chi connectivity index (χ0) is 11.3. The van der Waals surface area contributed by atoms with Gasteiger partial charge in [0.05, 0.1) is 5.69 Å². The molecule has 0 aliphatic carbocycles. The van der Waals surface area contributed by atoms with Crippen molar-refractivity contribution in [3.8, 4) is 0 Å². The van der Waals surface area contributed by atoms with Gasteiger partial charge < -0.3 is 5.11 Å². The number of aromatic nitrogens is 2. The van der Waals surface area contributed by atoms with Crippen LogP contribution in [0.2, 0.25) is 0 Å². The van der Waals surface area contributed by atoms with Crippen molar-refractivity contribution in [2.45, 2.75) is 0 Å². The molecule has 0 aromatic carbocycles. The standard InChI is InChI=1S/C10H11N3O2/c1-3-7(4-5-11-2)8-6-9(10(14)15)13-12-8/h3-6H,1H2,2H3,(H,12,13)(H,14,15)/b7-4+,11-5?. The Morgan fingerprint density at radius 2 is 2.47 bits per heavy atom. The van der Waals surface area contributed by atoms with Crippen molar-refractivity contribution in [3.05, 3.63) is 36.2 Å². The van der Waals surface area contributed by atoms with Gasteiger partial charge in [-0.25, -0.2) is 4.79 Å². The van der Waals surface area contributed by atoms with Gasteiger partial charge in [0, 0.05) is 18.8 Å². The fourth-order valence-electron chi connectivity index (χ4n) is 0.992. The molecule has 78 valence electrons. The molecule has 0 atom stereocenters. The van der Waals surface area contributed by atoms with Crippen LogP contribution in [0.25, 0.3) is 5.57 Å². The largest absolute Gasteiger partial charge is 0.477 e. The van der Waals surface area contributed by atoms with Crippen LogP contribution in [-0.2, 0) is 0 Å². The first-order valence-electron chi connectivity index (χ1n) is 4.23. The smallest absolute Gasteiger partial charge is 0.353 e. The lowest BCUT2D eigenvalue weighted by molar-refractivity contribution is 0.0690. The van der Waals surface area contributed by atoms with Crippen LogP contribution in [0.4, 0.5) is 0 Å². The topological polar surface area (TPSA) is 78.3 Å². The summed E-state index contributed by atoms with van der Waals surface area (Å²) < 4.78 is 0. The van der Waals surface area contributed by atoms with E-state index in [1.165, 1.54) is 6.07 Å². The van der Waals surface area contributed by atoms with Crippen LogP contribution in [0.15, 0.2) is 29.8 Å². The molecule has 2 N–H and O–H groups in total. The molecule has 0 unspecified atom stereocenters. The van der Waals surface area contributed by atoms with Crippen LogP contribution >= 0.6 is 0 Å². The Hall–Kier alpha value is -2.17. The molecule has 5 heteroatoms. The van der Waals surface area contributed by atoms with Crippen LogP contribution in [0.5, 0.6) is 0 Å². The fourth-order valence-corrected chi connectivity index (χ4v) is 0.992. The van der Waals surface area contributed by atoms with E-state index in [1.54, 1.807) is 25.4 Å². The van der Waals surface area contributed by atoms with E-state index in [1.807, 2.05) is 0 Å². The molecule has 0 radical (unpaired) electrons. The Labute approximate surface area is 86.9 Å². The average molecular weight is 205 g/mol. The Balaban J connectivity index is 3.03. The van der Waals surface area contributed by atoms with Gasteiger partial charge in [-0.3, -0.25) is 10.1 Å². The van der Waals surface area contributed by atoms with Crippen molar-refractivity contribution in [1.82, 2.24) is 10.2 Å². The zero-order valence-corrected chi connectivity index (χ0v) is 8.27. The molecule has 0 amide bonds. The van der Waals surface area contributed by atoms with Crippen LogP contribution in [0, 0.1) is 0 Å². The molecular weight excluding hydrogens is 194 g/mol. The number of carboxylic acids is 1. The minimum Gasteiger partial charge on any atom is -0.477 e. The molecule has 1 aromatic rings. The number of rotatable bonds is 4. The van der Waals surface area contributed by atoms with E-state index >= 15 is 0 Å². The van der Waals surface area contributed by atoms with Gasteiger partial charge in [-0.15, -0.1) is 0 Å². The Morgan fingerprint density at radius 3 is 2.93 bits per heavy atom. The number of carbonyl (C=O) groups is 1. The Kier molecular flexibility index (Phi) is 3.56. The summed E-state index contributed by atoms with van der Waals surface area (Å²) in [6.07, 6.45) is 4.88. The van der Waals surface area contributed by atoms with Crippen molar-refractivity contribution < 1.29 is 9.90 Å². The van der Waals surface area contributed by atoms with Gasteiger partial charge in [0.2, 0.25) is 0 Å². The molecule has 0 fully saturated rings. The van der Waals surface area contributed by atoms with Gasteiger partial charge >= 0.3 is 5.97 Å². The van der Waals surface area contributed by atoms with Crippen LogP contribution in [-0.4, -0.2) is 34.5 Å². The average Bonchev–Trinajstić information content (AvgIpc) is 2.68. The van der Waals surface area contributed by atoms with Crippen LogP contribution in [0.1, 0.15) is 16.2 Å². The molecule has 5 nitrogen and oxygen atoms in total. The summed E-state index contributed by atoms with van der Waals surface area (Å²) in [5.41, 5.74) is 1.29. The normalized spacial score (nSPS) is 11.9. The quantitative estimate of drug-likeness (QED) is 0.575. The third kappa shape index (κ3) is 2.63. The third-order valence-corrected chi connectivity index (χ3v) is 1.73. The van der Waals surface area contributed by atoms with Crippen molar-refractivity contribution in [2.75, 3.05) is 7.05 Å². The maximum absolute atomic E-state index is 10.6. The predicted molar refractivity (Wildman–Crippen MR) is 58.1 cm³/mol. The highest BCUT2D eigenvalue weighted by molar-refractivity contribution is 5.90. The van der Waals surface area contributed by atoms with Crippen molar-refractivity contribution in [3.63, 3.8) is 0 Å². The van der Waals surface area contributed by atoms with Gasteiger partial charge in [0.1, 0.15) is 5.69 Å². The van der Waals surface area contributed by atoms with Gasteiger partial charge in [-0.2, -0.15) is 5.10 Å². The first-order chi connectivity index (χ1) is 7.19. The zero-order valence-electron chi connectivity index (χ0n) is 8.27. The molecule has 0 saturated heterocycles. The van der Waals surface area contributed by atoms with E-state index in [9.17, 15) is 4.79 Å². The number of carboxylic acid groups (broad SMARTS) is 1. The minimum absolute atomic E-state index is 0.0474. The summed E-state index contributed by atoms with van der Waals surface area (Å²) in [6.45, 7) is 3.61. The second-order valence-corrected chi connectivity index (χ2v) is 2.71. The van der Waals surface area contributed by atoms with E-state index in [4.69, 9.17) is 5.11 Å². The fraction of sp³-hybridized carbons (Fsp3) is 0.100. The summed E-state index contributed by atoms with van der Waals surface area (Å²) in [4.78, 5) is 14.4. The number of aromatic carboxylic acids is 1.